The van der Waals surface area contributed by atoms with Crippen LogP contribution in [0.25, 0.3) is 5.82 Å². The van der Waals surface area contributed by atoms with Gasteiger partial charge in [0.2, 0.25) is 5.91 Å². The van der Waals surface area contributed by atoms with Gasteiger partial charge in [-0.25, -0.2) is 9.97 Å². The molecule has 0 saturated carbocycles. The molecule has 2 aromatic heterocycles. The lowest BCUT2D eigenvalue weighted by atomic mass is 10.1. The van der Waals surface area contributed by atoms with Crippen molar-refractivity contribution in [3.05, 3.63) is 42.1 Å². The number of hydrogen-bond acceptors (Lipinski definition) is 4. The van der Waals surface area contributed by atoms with E-state index in [0.717, 1.165) is 36.7 Å². The molecule has 0 bridgehead atoms. The zero-order valence-corrected chi connectivity index (χ0v) is 12.9. The van der Waals surface area contributed by atoms with E-state index in [-0.39, 0.29) is 18.6 Å². The Labute approximate surface area is 129 Å². The number of aromatic nitrogens is 3. The number of rotatable bonds is 4. The number of amides is 1. The van der Waals surface area contributed by atoms with E-state index in [1.165, 1.54) is 0 Å². The molecule has 1 amide bonds. The second kappa shape index (κ2) is 6.27. The van der Waals surface area contributed by atoms with Crippen LogP contribution in [0.3, 0.4) is 0 Å². The van der Waals surface area contributed by atoms with E-state index in [9.17, 15) is 4.79 Å². The van der Waals surface area contributed by atoms with Crippen LogP contribution >= 0.6 is 0 Å². The molecule has 1 aliphatic rings. The van der Waals surface area contributed by atoms with Crippen molar-refractivity contribution < 1.29 is 9.53 Å². The van der Waals surface area contributed by atoms with Crippen LogP contribution in [-0.2, 0) is 9.53 Å². The normalized spacial score (nSPS) is 17.9. The number of imidazole rings is 1. The Bertz CT molecular complexity index is 668. The summed E-state index contributed by atoms with van der Waals surface area (Å²) >= 11 is 0. The molecule has 1 fully saturated rings. The molecule has 0 aliphatic carbocycles. The Morgan fingerprint density at radius 2 is 2.32 bits per heavy atom. The number of pyridine rings is 1. The monoisotopic (exact) mass is 300 g/mol. The summed E-state index contributed by atoms with van der Waals surface area (Å²) < 4.78 is 6.92. The van der Waals surface area contributed by atoms with Crippen LogP contribution in [0.2, 0.25) is 0 Å². The summed E-state index contributed by atoms with van der Waals surface area (Å²) in [7, 11) is 1.55. The summed E-state index contributed by atoms with van der Waals surface area (Å²) in [6.07, 6.45) is 5.59. The summed E-state index contributed by atoms with van der Waals surface area (Å²) in [5.74, 6) is 1.75. The molecule has 6 nitrogen and oxygen atoms in total. The van der Waals surface area contributed by atoms with E-state index >= 15 is 0 Å². The predicted octanol–water partition coefficient (Wildman–Crippen LogP) is 1.89. The quantitative estimate of drug-likeness (QED) is 0.865. The first kappa shape index (κ1) is 14.7. The lowest BCUT2D eigenvalue weighted by Crippen LogP contribution is -2.33. The largest absolute Gasteiger partial charge is 0.375 e. The van der Waals surface area contributed by atoms with E-state index in [1.807, 2.05) is 40.8 Å². The topological polar surface area (TPSA) is 60.2 Å². The highest BCUT2D eigenvalue weighted by atomic mass is 16.5. The third-order valence-electron chi connectivity index (χ3n) is 4.01. The van der Waals surface area contributed by atoms with Crippen molar-refractivity contribution in [2.45, 2.75) is 25.8 Å². The Kier molecular flexibility index (Phi) is 4.20. The standard InChI is InChI=1S/C16H20N4O2/c1-12-17-8-10-19(12)15-7-3-5-13(18-15)14-6-4-9-20(14)16(21)11-22-2/h3,5,7-8,10,14H,4,6,9,11H2,1-2H3/t14-/m0/s1. The van der Waals surface area contributed by atoms with Gasteiger partial charge in [-0.15, -0.1) is 0 Å². The summed E-state index contributed by atoms with van der Waals surface area (Å²) in [5.41, 5.74) is 0.924. The number of methoxy groups -OCH3 is 1. The van der Waals surface area contributed by atoms with Gasteiger partial charge in [-0.05, 0) is 31.9 Å². The van der Waals surface area contributed by atoms with Crippen molar-refractivity contribution in [1.82, 2.24) is 19.4 Å². The van der Waals surface area contributed by atoms with Crippen LogP contribution in [0, 0.1) is 6.92 Å². The van der Waals surface area contributed by atoms with Gasteiger partial charge in [0.25, 0.3) is 0 Å². The molecule has 1 saturated heterocycles. The summed E-state index contributed by atoms with van der Waals surface area (Å²) in [6, 6.07) is 5.95. The lowest BCUT2D eigenvalue weighted by Gasteiger charge is -2.24. The van der Waals surface area contributed by atoms with Gasteiger partial charge in [0.05, 0.1) is 11.7 Å². The predicted molar refractivity (Wildman–Crippen MR) is 81.7 cm³/mol. The van der Waals surface area contributed by atoms with Gasteiger partial charge in [-0.3, -0.25) is 9.36 Å². The first-order chi connectivity index (χ1) is 10.7. The first-order valence-corrected chi connectivity index (χ1v) is 7.46. The summed E-state index contributed by atoms with van der Waals surface area (Å²) in [5, 5.41) is 0. The molecule has 1 atom stereocenters. The van der Waals surface area contributed by atoms with Gasteiger partial charge >= 0.3 is 0 Å². The molecule has 0 aromatic carbocycles. The van der Waals surface area contributed by atoms with Gasteiger partial charge in [-0.1, -0.05) is 6.07 Å². The molecule has 0 radical (unpaired) electrons. The van der Waals surface area contributed by atoms with Crippen molar-refractivity contribution >= 4 is 5.91 Å². The number of carbonyl (C=O) groups excluding carboxylic acids is 1. The van der Waals surface area contributed by atoms with Crippen molar-refractivity contribution in [1.29, 1.82) is 0 Å². The zero-order chi connectivity index (χ0) is 15.5. The minimum atomic E-state index is 0.0241. The molecule has 0 unspecified atom stereocenters. The lowest BCUT2D eigenvalue weighted by molar-refractivity contribution is -0.136. The number of ether oxygens (including phenoxy) is 1. The summed E-state index contributed by atoms with van der Waals surface area (Å²) in [4.78, 5) is 23.0. The van der Waals surface area contributed by atoms with Gasteiger partial charge in [0, 0.05) is 26.0 Å². The third kappa shape index (κ3) is 2.74. The van der Waals surface area contributed by atoms with Crippen LogP contribution in [0.5, 0.6) is 0 Å². The fourth-order valence-corrected chi connectivity index (χ4v) is 2.96. The van der Waals surface area contributed by atoms with Gasteiger partial charge in [-0.2, -0.15) is 0 Å². The number of nitrogens with zero attached hydrogens (tertiary/aromatic N) is 4. The molecular weight excluding hydrogens is 280 g/mol. The van der Waals surface area contributed by atoms with E-state index in [0.29, 0.717) is 0 Å². The second-order valence-electron chi connectivity index (χ2n) is 5.44. The van der Waals surface area contributed by atoms with Gasteiger partial charge < -0.3 is 9.64 Å². The Morgan fingerprint density at radius 1 is 1.45 bits per heavy atom. The van der Waals surface area contributed by atoms with E-state index < -0.39 is 0 Å². The Hall–Kier alpha value is -2.21. The Morgan fingerprint density at radius 3 is 3.05 bits per heavy atom. The highest BCUT2D eigenvalue weighted by Crippen LogP contribution is 2.31. The van der Waals surface area contributed by atoms with Crippen LogP contribution in [0.4, 0.5) is 0 Å². The SMILES string of the molecule is COCC(=O)N1CCC[C@H]1c1cccc(-n2ccnc2C)n1. The van der Waals surface area contributed by atoms with Crippen LogP contribution < -0.4 is 0 Å². The number of aryl methyl sites for hydroxylation is 1. The molecule has 116 valence electrons. The third-order valence-corrected chi connectivity index (χ3v) is 4.01. The minimum absolute atomic E-state index is 0.0241. The fourth-order valence-electron chi connectivity index (χ4n) is 2.96. The van der Waals surface area contributed by atoms with E-state index in [4.69, 9.17) is 9.72 Å². The Balaban J connectivity index is 1.88. The fraction of sp³-hybridized carbons (Fsp3) is 0.438. The highest BCUT2D eigenvalue weighted by Gasteiger charge is 2.30. The molecule has 2 aromatic rings. The average Bonchev–Trinajstić information content (AvgIpc) is 3.16. The molecular formula is C16H20N4O2. The molecule has 0 N–H and O–H groups in total. The second-order valence-corrected chi connectivity index (χ2v) is 5.44. The first-order valence-electron chi connectivity index (χ1n) is 7.46. The molecule has 1 aliphatic heterocycles. The van der Waals surface area contributed by atoms with E-state index in [1.54, 1.807) is 13.3 Å². The molecule has 6 heteroatoms. The zero-order valence-electron chi connectivity index (χ0n) is 12.9. The summed E-state index contributed by atoms with van der Waals surface area (Å²) in [6.45, 7) is 2.83. The maximum atomic E-state index is 12.2. The van der Waals surface area contributed by atoms with Crippen molar-refractivity contribution in [3.63, 3.8) is 0 Å². The van der Waals surface area contributed by atoms with Crippen LogP contribution in [0.1, 0.15) is 30.4 Å². The number of hydrogen-bond donors (Lipinski definition) is 0. The number of carbonyl (C=O) groups is 1. The molecule has 3 rings (SSSR count). The highest BCUT2D eigenvalue weighted by molar-refractivity contribution is 5.78. The molecule has 3 heterocycles. The smallest absolute Gasteiger partial charge is 0.249 e. The van der Waals surface area contributed by atoms with Crippen molar-refractivity contribution in [3.8, 4) is 5.82 Å². The number of likely N-dealkylation sites (tertiary alicyclic amines) is 1. The van der Waals surface area contributed by atoms with Crippen molar-refractivity contribution in [2.75, 3.05) is 20.3 Å². The average molecular weight is 300 g/mol. The van der Waals surface area contributed by atoms with Crippen LogP contribution in [0.15, 0.2) is 30.6 Å². The molecule has 22 heavy (non-hydrogen) atoms. The van der Waals surface area contributed by atoms with Crippen LogP contribution in [-0.4, -0.2) is 45.6 Å². The maximum Gasteiger partial charge on any atom is 0.249 e. The minimum Gasteiger partial charge on any atom is -0.375 e. The molecule has 0 spiro atoms. The van der Waals surface area contributed by atoms with Gasteiger partial charge in [0.1, 0.15) is 18.2 Å². The van der Waals surface area contributed by atoms with Gasteiger partial charge in [0.15, 0.2) is 0 Å². The van der Waals surface area contributed by atoms with E-state index in [2.05, 4.69) is 4.98 Å². The maximum absolute atomic E-state index is 12.2. The van der Waals surface area contributed by atoms with Crippen molar-refractivity contribution in [2.24, 2.45) is 0 Å².